The molecule has 8 heteroatoms. The molecular weight excluding hydrogens is 1020 g/mol. The molecule has 5 rings (SSSR count). The molecule has 0 bridgehead atoms. The maximum Gasteiger partial charge on any atom is 0.324 e. The molecular formula is C71H105CaO6P. The maximum atomic E-state index is 15.0. The molecule has 0 aromatic heterocycles. The molecule has 0 spiro atoms. The van der Waals surface area contributed by atoms with E-state index in [0.29, 0.717) is 37.2 Å². The molecule has 2 radical (unpaired) electrons. The van der Waals surface area contributed by atoms with Crippen LogP contribution in [-0.2, 0) is 73.6 Å². The van der Waals surface area contributed by atoms with Gasteiger partial charge in [-0.2, -0.15) is 0 Å². The molecule has 0 aliphatic heterocycles. The summed E-state index contributed by atoms with van der Waals surface area (Å²) in [5.74, 6) is 1.23. The fourth-order valence-corrected chi connectivity index (χ4v) is 13.4. The fraction of sp³-hybridized carbons (Fsp3) is 0.606. The molecule has 4 aromatic rings. The number of phenolic OH excluding ortho intramolecular Hbond substituents is 4. The standard InChI is InChI=1S/C71H105O6P.Ca/c1-42-48(33-45-35-52(64(9,10)11)59(73)53(36-45)65(12,13)14)70(27,78(76)77)49(34-46-37-54(66(15,16)17)60(74)55(38-46)67(18,19)20)43(2)71(42,41-47-39-56(68(21,22)23)61(75)57(40-47)69(24,25)26)30-28-29-44-31-50(62(3,4)5)58(72)51(32-44)63(6,7)8;/h31-32,35-40,72-75H,28-30,33-34,41H2,1-27H3;. The molecule has 0 saturated carbocycles. The van der Waals surface area contributed by atoms with E-state index in [0.717, 1.165) is 102 Å². The van der Waals surface area contributed by atoms with Crippen LogP contribution in [0.1, 0.15) is 267 Å². The van der Waals surface area contributed by atoms with Gasteiger partial charge in [0, 0.05) is 43.2 Å². The minimum Gasteiger partial charge on any atom is -0.595 e. The van der Waals surface area contributed by atoms with Crippen molar-refractivity contribution in [1.29, 1.82) is 0 Å². The summed E-state index contributed by atoms with van der Waals surface area (Å²) >= 11 is 0. The van der Waals surface area contributed by atoms with E-state index >= 15 is 0 Å². The van der Waals surface area contributed by atoms with Gasteiger partial charge in [0.05, 0.1) is 0 Å². The Morgan fingerprint density at radius 3 is 0.835 bits per heavy atom. The van der Waals surface area contributed by atoms with Crippen molar-refractivity contribution in [3.63, 3.8) is 0 Å². The van der Waals surface area contributed by atoms with Crippen molar-refractivity contribution < 1.29 is 29.9 Å². The van der Waals surface area contributed by atoms with Crippen molar-refractivity contribution in [2.24, 2.45) is 5.41 Å². The minimum atomic E-state index is -3.16. The first-order valence-corrected chi connectivity index (χ1v) is 30.1. The van der Waals surface area contributed by atoms with Gasteiger partial charge in [-0.25, -0.2) is 0 Å². The molecule has 0 saturated heterocycles. The van der Waals surface area contributed by atoms with Gasteiger partial charge in [0.15, 0.2) is 0 Å². The van der Waals surface area contributed by atoms with E-state index in [4.69, 9.17) is 0 Å². The van der Waals surface area contributed by atoms with Gasteiger partial charge in [0.25, 0.3) is 0 Å². The van der Waals surface area contributed by atoms with E-state index in [9.17, 15) is 29.9 Å². The Morgan fingerprint density at radius 2 is 0.620 bits per heavy atom. The number of phenols is 4. The van der Waals surface area contributed by atoms with Crippen LogP contribution in [-0.4, -0.2) is 63.3 Å². The van der Waals surface area contributed by atoms with E-state index in [1.807, 2.05) is 6.92 Å². The van der Waals surface area contributed by atoms with Crippen molar-refractivity contribution in [1.82, 2.24) is 0 Å². The number of rotatable bonds is 11. The first-order chi connectivity index (χ1) is 34.9. The summed E-state index contributed by atoms with van der Waals surface area (Å²) in [5.41, 5.74) is 11.0. The van der Waals surface area contributed by atoms with E-state index in [-0.39, 0.29) is 70.9 Å². The zero-order valence-corrected chi connectivity index (χ0v) is 57.7. The van der Waals surface area contributed by atoms with Gasteiger partial charge in [-0.05, 0) is 181 Å². The van der Waals surface area contributed by atoms with Gasteiger partial charge in [-0.1, -0.05) is 230 Å². The molecule has 1 aliphatic rings. The predicted octanol–water partition coefficient (Wildman–Crippen LogP) is 18.1. The van der Waals surface area contributed by atoms with Crippen molar-refractivity contribution in [2.75, 3.05) is 0 Å². The van der Waals surface area contributed by atoms with E-state index < -0.39 is 40.3 Å². The summed E-state index contributed by atoms with van der Waals surface area (Å²) in [6, 6.07) is 17.2. The van der Waals surface area contributed by atoms with Gasteiger partial charge in [0.1, 0.15) is 23.0 Å². The second-order valence-electron chi connectivity index (χ2n) is 32.2. The first kappa shape index (κ1) is 68.4. The van der Waals surface area contributed by atoms with Crippen molar-refractivity contribution in [2.45, 2.75) is 274 Å². The van der Waals surface area contributed by atoms with Gasteiger partial charge in [-0.15, -0.1) is 0 Å². The predicted molar refractivity (Wildman–Crippen MR) is 336 cm³/mol. The first-order valence-electron chi connectivity index (χ1n) is 28.9. The molecule has 4 aromatic carbocycles. The van der Waals surface area contributed by atoms with Crippen molar-refractivity contribution >= 4 is 45.8 Å². The van der Waals surface area contributed by atoms with Crippen LogP contribution in [0.5, 0.6) is 23.0 Å². The quantitative estimate of drug-likeness (QED) is 0.0674. The van der Waals surface area contributed by atoms with Gasteiger partial charge in [-0.3, -0.25) is 0 Å². The summed E-state index contributed by atoms with van der Waals surface area (Å²) in [6.07, 6.45) is 3.40. The molecule has 0 fully saturated rings. The molecule has 432 valence electrons. The Morgan fingerprint density at radius 1 is 0.405 bits per heavy atom. The van der Waals surface area contributed by atoms with Crippen LogP contribution in [0.4, 0.5) is 0 Å². The largest absolute Gasteiger partial charge is 0.595 e. The molecule has 6 nitrogen and oxygen atoms in total. The molecule has 4 N–H and O–H groups in total. The molecule has 0 amide bonds. The normalized spacial score (nSPS) is 18.6. The third-order valence-corrected chi connectivity index (χ3v) is 18.6. The zero-order chi connectivity index (χ0) is 60.0. The molecule has 1 atom stereocenters. The third kappa shape index (κ3) is 14.3. The van der Waals surface area contributed by atoms with E-state index in [1.165, 1.54) is 0 Å². The third-order valence-electron chi connectivity index (χ3n) is 17.4. The summed E-state index contributed by atoms with van der Waals surface area (Å²) in [5, 5.41) is 46.6. The average Bonchev–Trinajstić information content (AvgIpc) is 3.24. The number of hydrogen-bond donors (Lipinski definition) is 4. The number of benzene rings is 4. The number of allylic oxidation sites excluding steroid dienone is 4. The number of hydrogen-bond acceptors (Lipinski definition) is 6. The Balaban J connectivity index is 0.0000134. The van der Waals surface area contributed by atoms with E-state index in [1.54, 1.807) is 0 Å². The SMILES string of the molecule is CC1=C(Cc2cc(C(C)(C)C)c(O)c(C(C)(C)C)c2)C(C)([P+](=O)[O-])C(Cc2cc(C(C)(C)C)c(O)c(C(C)(C)C)c2)=C(C)C1(CCCc1cc(C(C)(C)C)c(O)c(C(C)(C)C)c1)Cc1cc(C(C)(C)C)c(O)c(C(C)(C)C)c1.[Ca]. The second-order valence-corrected chi connectivity index (χ2v) is 33.6. The summed E-state index contributed by atoms with van der Waals surface area (Å²) < 4.78 is 15.0. The van der Waals surface area contributed by atoms with Gasteiger partial charge in [0.2, 0.25) is 5.16 Å². The Kier molecular flexibility index (Phi) is 19.7. The topological polar surface area (TPSA) is 121 Å². The van der Waals surface area contributed by atoms with Crippen LogP contribution in [0.15, 0.2) is 70.8 Å². The molecule has 0 heterocycles. The van der Waals surface area contributed by atoms with Gasteiger partial charge >= 0.3 is 8.03 Å². The van der Waals surface area contributed by atoms with Crippen molar-refractivity contribution in [3.8, 4) is 23.0 Å². The average molecular weight is 1130 g/mol. The monoisotopic (exact) mass is 1120 g/mol. The van der Waals surface area contributed by atoms with Gasteiger partial charge < -0.3 is 25.3 Å². The second kappa shape index (κ2) is 22.8. The summed E-state index contributed by atoms with van der Waals surface area (Å²) in [6.45, 7) is 57.5. The number of aryl methyl sites for hydroxylation is 1. The Labute approximate surface area is 511 Å². The van der Waals surface area contributed by atoms with Crippen LogP contribution in [0, 0.1) is 5.41 Å². The Bertz CT molecular complexity index is 2770. The number of aromatic hydroxyl groups is 4. The molecule has 1 unspecified atom stereocenters. The van der Waals surface area contributed by atoms with Crippen LogP contribution in [0.2, 0.25) is 0 Å². The van der Waals surface area contributed by atoms with E-state index in [2.05, 4.69) is 229 Å². The maximum absolute atomic E-state index is 15.0. The summed E-state index contributed by atoms with van der Waals surface area (Å²) in [4.78, 5) is 15.0. The fourth-order valence-electron chi connectivity index (χ4n) is 12.5. The molecule has 1 aliphatic carbocycles. The van der Waals surface area contributed by atoms with Crippen LogP contribution in [0.3, 0.4) is 0 Å². The smallest absolute Gasteiger partial charge is 0.324 e. The molecule has 79 heavy (non-hydrogen) atoms. The Hall–Kier alpha value is -3.12. The van der Waals surface area contributed by atoms with Crippen LogP contribution in [0.25, 0.3) is 0 Å². The van der Waals surface area contributed by atoms with Crippen LogP contribution >= 0.6 is 8.03 Å². The van der Waals surface area contributed by atoms with Crippen molar-refractivity contribution in [3.05, 3.63) is 138 Å². The van der Waals surface area contributed by atoms with Crippen LogP contribution < -0.4 is 4.89 Å². The minimum absolute atomic E-state index is 0. The summed E-state index contributed by atoms with van der Waals surface area (Å²) in [7, 11) is -3.16. The zero-order valence-electron chi connectivity index (χ0n) is 54.6.